The Morgan fingerprint density at radius 2 is 2.19 bits per heavy atom. The molecule has 1 aromatic carbocycles. The Bertz CT molecular complexity index is 426. The van der Waals surface area contributed by atoms with Gasteiger partial charge in [-0.05, 0) is 65.0 Å². The summed E-state index contributed by atoms with van der Waals surface area (Å²) in [6.45, 7) is 2.22. The van der Waals surface area contributed by atoms with Gasteiger partial charge in [0.15, 0.2) is 0 Å². The van der Waals surface area contributed by atoms with Gasteiger partial charge in [-0.2, -0.15) is 0 Å². The second kappa shape index (κ2) is 3.74. The molecular weight excluding hydrogens is 266 g/mol. The summed E-state index contributed by atoms with van der Waals surface area (Å²) in [6, 6.07) is 4.47. The Labute approximate surface area is 105 Å². The van der Waals surface area contributed by atoms with Crippen molar-refractivity contribution in [1.29, 1.82) is 0 Å². The van der Waals surface area contributed by atoms with E-state index in [4.69, 9.17) is 4.74 Å². The zero-order chi connectivity index (χ0) is 11.2. The maximum absolute atomic E-state index is 5.37. The van der Waals surface area contributed by atoms with Crippen molar-refractivity contribution in [3.63, 3.8) is 0 Å². The Morgan fingerprint density at radius 3 is 2.88 bits per heavy atom. The molecule has 0 bridgehead atoms. The molecule has 1 N–H and O–H groups in total. The van der Waals surface area contributed by atoms with Crippen molar-refractivity contribution in [2.24, 2.45) is 0 Å². The summed E-state index contributed by atoms with van der Waals surface area (Å²) >= 11 is 3.60. The van der Waals surface area contributed by atoms with E-state index < -0.39 is 0 Å². The molecule has 1 aliphatic heterocycles. The first-order chi connectivity index (χ1) is 7.75. The van der Waals surface area contributed by atoms with E-state index in [-0.39, 0.29) is 0 Å². The Kier molecular flexibility index (Phi) is 2.48. The fraction of sp³-hybridized carbons (Fsp3) is 0.538. The zero-order valence-corrected chi connectivity index (χ0v) is 11.1. The Hall–Kier alpha value is -0.540. The molecule has 0 amide bonds. The van der Waals surface area contributed by atoms with Crippen LogP contribution in [0.5, 0.6) is 5.75 Å². The van der Waals surface area contributed by atoms with Crippen LogP contribution in [0.4, 0.5) is 0 Å². The first kappa shape index (κ1) is 10.6. The smallest absolute Gasteiger partial charge is 0.133 e. The van der Waals surface area contributed by atoms with E-state index in [1.54, 1.807) is 7.11 Å². The van der Waals surface area contributed by atoms with Gasteiger partial charge in [0.2, 0.25) is 0 Å². The highest BCUT2D eigenvalue weighted by Gasteiger charge is 2.46. The van der Waals surface area contributed by atoms with E-state index in [9.17, 15) is 0 Å². The minimum atomic E-state index is 0.431. The van der Waals surface area contributed by atoms with Gasteiger partial charge in [-0.3, -0.25) is 0 Å². The summed E-state index contributed by atoms with van der Waals surface area (Å²) < 4.78 is 6.46. The third kappa shape index (κ3) is 1.57. The second-order valence-electron chi connectivity index (χ2n) is 4.85. The highest BCUT2D eigenvalue weighted by Crippen LogP contribution is 2.51. The van der Waals surface area contributed by atoms with Crippen LogP contribution >= 0.6 is 15.9 Å². The molecule has 2 aliphatic rings. The van der Waals surface area contributed by atoms with Crippen LogP contribution in [0, 0.1) is 0 Å². The van der Waals surface area contributed by atoms with E-state index in [2.05, 4.69) is 33.4 Å². The van der Waals surface area contributed by atoms with E-state index in [1.165, 1.54) is 24.0 Å². The molecule has 1 heterocycles. The fourth-order valence-corrected chi connectivity index (χ4v) is 3.20. The van der Waals surface area contributed by atoms with Crippen LogP contribution in [0.2, 0.25) is 0 Å². The van der Waals surface area contributed by atoms with Gasteiger partial charge in [-0.15, -0.1) is 0 Å². The normalized spacial score (nSPS) is 21.4. The monoisotopic (exact) mass is 281 g/mol. The molecule has 0 radical (unpaired) electrons. The molecule has 1 fully saturated rings. The maximum Gasteiger partial charge on any atom is 0.133 e. The summed E-state index contributed by atoms with van der Waals surface area (Å²) in [4.78, 5) is 0. The molecule has 0 saturated heterocycles. The van der Waals surface area contributed by atoms with Crippen molar-refractivity contribution in [3.05, 3.63) is 27.7 Å². The van der Waals surface area contributed by atoms with Gasteiger partial charge in [0, 0.05) is 12.0 Å². The standard InChI is InChI=1S/C13H16BrNO/c1-16-12-6-9-2-5-15-8-13(3-4-13)10(9)7-11(12)14/h6-7,15H,2-5,8H2,1H3. The number of methoxy groups -OCH3 is 1. The van der Waals surface area contributed by atoms with Crippen LogP contribution in [0.3, 0.4) is 0 Å². The van der Waals surface area contributed by atoms with Crippen LogP contribution in [0.25, 0.3) is 0 Å². The molecule has 1 spiro atoms. The van der Waals surface area contributed by atoms with Crippen LogP contribution in [-0.2, 0) is 11.8 Å². The van der Waals surface area contributed by atoms with E-state index in [1.807, 2.05) is 0 Å². The molecule has 1 saturated carbocycles. The molecule has 3 heteroatoms. The molecule has 0 atom stereocenters. The highest BCUT2D eigenvalue weighted by atomic mass is 79.9. The quantitative estimate of drug-likeness (QED) is 0.855. The average molecular weight is 282 g/mol. The number of fused-ring (bicyclic) bond motifs is 2. The average Bonchev–Trinajstić information content (AvgIpc) is 3.08. The van der Waals surface area contributed by atoms with Gasteiger partial charge >= 0.3 is 0 Å². The van der Waals surface area contributed by atoms with Crippen LogP contribution < -0.4 is 10.1 Å². The number of hydrogen-bond acceptors (Lipinski definition) is 2. The Morgan fingerprint density at radius 1 is 1.38 bits per heavy atom. The van der Waals surface area contributed by atoms with Crippen LogP contribution in [-0.4, -0.2) is 20.2 Å². The summed E-state index contributed by atoms with van der Waals surface area (Å²) in [7, 11) is 1.73. The molecule has 0 unspecified atom stereocenters. The van der Waals surface area contributed by atoms with Crippen molar-refractivity contribution in [1.82, 2.24) is 5.32 Å². The lowest BCUT2D eigenvalue weighted by atomic mass is 9.91. The molecule has 0 aromatic heterocycles. The number of ether oxygens (including phenoxy) is 1. The number of benzene rings is 1. The lowest BCUT2D eigenvalue weighted by Gasteiger charge is -2.17. The van der Waals surface area contributed by atoms with Gasteiger partial charge in [0.1, 0.15) is 5.75 Å². The van der Waals surface area contributed by atoms with Crippen molar-refractivity contribution in [2.45, 2.75) is 24.7 Å². The second-order valence-corrected chi connectivity index (χ2v) is 5.71. The Balaban J connectivity index is 2.12. The predicted octanol–water partition coefficient (Wildman–Crippen LogP) is 2.64. The number of nitrogens with one attached hydrogen (secondary N) is 1. The topological polar surface area (TPSA) is 21.3 Å². The lowest BCUT2D eigenvalue weighted by molar-refractivity contribution is 0.411. The summed E-state index contributed by atoms with van der Waals surface area (Å²) in [5.74, 6) is 0.955. The minimum absolute atomic E-state index is 0.431. The van der Waals surface area contributed by atoms with Gasteiger partial charge in [0.25, 0.3) is 0 Å². The van der Waals surface area contributed by atoms with Gasteiger partial charge in [-0.25, -0.2) is 0 Å². The van der Waals surface area contributed by atoms with Crippen molar-refractivity contribution in [2.75, 3.05) is 20.2 Å². The van der Waals surface area contributed by atoms with E-state index in [0.29, 0.717) is 5.41 Å². The van der Waals surface area contributed by atoms with Crippen LogP contribution in [0.1, 0.15) is 24.0 Å². The van der Waals surface area contributed by atoms with Gasteiger partial charge < -0.3 is 10.1 Å². The number of rotatable bonds is 1. The minimum Gasteiger partial charge on any atom is -0.496 e. The molecule has 3 rings (SSSR count). The third-order valence-electron chi connectivity index (χ3n) is 3.84. The highest BCUT2D eigenvalue weighted by molar-refractivity contribution is 9.10. The lowest BCUT2D eigenvalue weighted by Crippen LogP contribution is -2.24. The molecular formula is C13H16BrNO. The number of halogens is 1. The summed E-state index contributed by atoms with van der Waals surface area (Å²) in [5.41, 5.74) is 3.42. The van der Waals surface area contributed by atoms with Gasteiger partial charge in [-0.1, -0.05) is 0 Å². The van der Waals surface area contributed by atoms with E-state index >= 15 is 0 Å². The van der Waals surface area contributed by atoms with E-state index in [0.717, 1.165) is 29.7 Å². The maximum atomic E-state index is 5.37. The third-order valence-corrected chi connectivity index (χ3v) is 4.46. The summed E-state index contributed by atoms with van der Waals surface area (Å²) in [5, 5.41) is 3.55. The SMILES string of the molecule is COc1cc2c(cc1Br)C1(CC1)CNCC2. The van der Waals surface area contributed by atoms with Gasteiger partial charge in [0.05, 0.1) is 11.6 Å². The summed E-state index contributed by atoms with van der Waals surface area (Å²) in [6.07, 6.45) is 3.76. The predicted molar refractivity (Wildman–Crippen MR) is 68.2 cm³/mol. The van der Waals surface area contributed by atoms with Crippen molar-refractivity contribution >= 4 is 15.9 Å². The zero-order valence-electron chi connectivity index (χ0n) is 9.48. The molecule has 86 valence electrons. The fourth-order valence-electron chi connectivity index (χ4n) is 2.70. The van der Waals surface area contributed by atoms with Crippen molar-refractivity contribution < 1.29 is 4.74 Å². The van der Waals surface area contributed by atoms with Crippen molar-refractivity contribution in [3.8, 4) is 5.75 Å². The first-order valence-corrected chi connectivity index (χ1v) is 6.62. The molecule has 1 aromatic rings. The largest absolute Gasteiger partial charge is 0.496 e. The molecule has 1 aliphatic carbocycles. The molecule has 16 heavy (non-hydrogen) atoms. The molecule has 2 nitrogen and oxygen atoms in total. The number of hydrogen-bond donors (Lipinski definition) is 1. The first-order valence-electron chi connectivity index (χ1n) is 5.83. The van der Waals surface area contributed by atoms with Crippen LogP contribution in [0.15, 0.2) is 16.6 Å².